The fraction of sp³-hybridized carbons (Fsp3) is 0.0952. The second-order valence-corrected chi connectivity index (χ2v) is 8.25. The van der Waals surface area contributed by atoms with Gasteiger partial charge >= 0.3 is 6.18 Å². The quantitative estimate of drug-likeness (QED) is 0.376. The minimum atomic E-state index is -4.33. The van der Waals surface area contributed by atoms with Crippen molar-refractivity contribution in [3.05, 3.63) is 83.7 Å². The number of hydrogen-bond donors (Lipinski definition) is 1. The predicted molar refractivity (Wildman–Crippen MR) is 102 cm³/mol. The second kappa shape index (κ2) is 6.85. The first kappa shape index (κ1) is 17.8. The highest BCUT2D eigenvalue weighted by molar-refractivity contribution is 8.28. The molecule has 0 aromatic heterocycles. The Labute approximate surface area is 156 Å². The van der Waals surface area contributed by atoms with Crippen LogP contribution in [0, 0.1) is 5.82 Å². The van der Waals surface area contributed by atoms with E-state index in [-0.39, 0.29) is 5.82 Å². The maximum absolute atomic E-state index is 13.5. The third-order valence-corrected chi connectivity index (χ3v) is 6.49. The maximum Gasteiger partial charge on any atom is 0.416 e. The molecule has 0 saturated carbocycles. The van der Waals surface area contributed by atoms with E-state index in [1.165, 1.54) is 24.3 Å². The van der Waals surface area contributed by atoms with Gasteiger partial charge in [-0.15, -0.1) is 0 Å². The average molecular weight is 389 g/mol. The zero-order valence-electron chi connectivity index (χ0n) is 14.0. The first-order valence-corrected chi connectivity index (χ1v) is 9.87. The van der Waals surface area contributed by atoms with E-state index in [4.69, 9.17) is 0 Å². The van der Waals surface area contributed by atoms with E-state index in [9.17, 15) is 17.6 Å². The van der Waals surface area contributed by atoms with Crippen molar-refractivity contribution in [2.75, 3.05) is 0 Å². The average Bonchev–Trinajstić information content (AvgIpc) is 3.03. The molecule has 3 aromatic carbocycles. The third-order valence-electron chi connectivity index (χ3n) is 4.41. The summed E-state index contributed by atoms with van der Waals surface area (Å²) < 4.78 is 51.6. The number of rotatable bonds is 3. The van der Waals surface area contributed by atoms with Gasteiger partial charge in [-0.1, -0.05) is 30.3 Å². The molecule has 1 aliphatic rings. The Morgan fingerprint density at radius 1 is 0.852 bits per heavy atom. The van der Waals surface area contributed by atoms with E-state index in [0.717, 1.165) is 39.4 Å². The summed E-state index contributed by atoms with van der Waals surface area (Å²) in [4.78, 5) is 5.50. The zero-order chi connectivity index (χ0) is 19.0. The molecule has 138 valence electrons. The van der Waals surface area contributed by atoms with Crippen molar-refractivity contribution in [1.29, 1.82) is 0 Å². The second-order valence-electron chi connectivity index (χ2n) is 6.28. The summed E-state index contributed by atoms with van der Waals surface area (Å²) in [6.07, 6.45) is -4.33. The van der Waals surface area contributed by atoms with Crippen molar-refractivity contribution >= 4 is 22.1 Å². The monoisotopic (exact) mass is 389 g/mol. The van der Waals surface area contributed by atoms with Gasteiger partial charge < -0.3 is 0 Å². The Bertz CT molecular complexity index is 1010. The molecule has 6 heteroatoms. The van der Waals surface area contributed by atoms with Crippen LogP contribution in [0.15, 0.2) is 76.6 Å². The highest BCUT2D eigenvalue weighted by Crippen LogP contribution is 2.49. The van der Waals surface area contributed by atoms with E-state index < -0.39 is 22.6 Å². The molecule has 0 spiro atoms. The zero-order valence-corrected chi connectivity index (χ0v) is 14.9. The Morgan fingerprint density at radius 2 is 1.59 bits per heavy atom. The number of thiol groups is 1. The van der Waals surface area contributed by atoms with E-state index in [0.29, 0.717) is 5.75 Å². The molecule has 27 heavy (non-hydrogen) atoms. The van der Waals surface area contributed by atoms with Crippen LogP contribution < -0.4 is 0 Å². The third kappa shape index (κ3) is 3.76. The summed E-state index contributed by atoms with van der Waals surface area (Å²) in [6, 6.07) is 17.5. The number of alkyl halides is 3. The van der Waals surface area contributed by atoms with Gasteiger partial charge in [0.1, 0.15) is 5.82 Å². The summed E-state index contributed by atoms with van der Waals surface area (Å²) >= 11 is 0. The first-order valence-electron chi connectivity index (χ1n) is 8.27. The molecule has 1 heterocycles. The van der Waals surface area contributed by atoms with Gasteiger partial charge in [0.05, 0.1) is 11.3 Å². The van der Waals surface area contributed by atoms with Crippen LogP contribution in [0.1, 0.15) is 11.1 Å². The van der Waals surface area contributed by atoms with Crippen LogP contribution >= 0.6 is 10.9 Å². The van der Waals surface area contributed by atoms with Gasteiger partial charge in [0.2, 0.25) is 0 Å². The molecule has 0 radical (unpaired) electrons. The van der Waals surface area contributed by atoms with Gasteiger partial charge in [-0.3, -0.25) is 4.99 Å². The van der Waals surface area contributed by atoms with Crippen molar-refractivity contribution in [2.24, 2.45) is 4.99 Å². The highest BCUT2D eigenvalue weighted by atomic mass is 32.2. The molecule has 1 atom stereocenters. The van der Waals surface area contributed by atoms with Crippen molar-refractivity contribution in [3.63, 3.8) is 0 Å². The highest BCUT2D eigenvalue weighted by Gasteiger charge is 2.30. The standard InChI is InChI=1S/C21H15F4NS/c22-18-3-1-2-15(10-18)16-6-9-19-20(11-16)27(13-26-19)12-14-4-7-17(8-5-14)21(23,24)25/h1-11,13,27H,12H2. The summed E-state index contributed by atoms with van der Waals surface area (Å²) in [5, 5.41) is 0. The maximum atomic E-state index is 13.5. The normalized spacial score (nSPS) is 17.1. The van der Waals surface area contributed by atoms with Gasteiger partial charge in [0.15, 0.2) is 0 Å². The lowest BCUT2D eigenvalue weighted by molar-refractivity contribution is -0.137. The topological polar surface area (TPSA) is 12.4 Å². The van der Waals surface area contributed by atoms with Crippen molar-refractivity contribution < 1.29 is 17.6 Å². The Kier molecular flexibility index (Phi) is 4.52. The lowest BCUT2D eigenvalue weighted by Crippen LogP contribution is -2.04. The first-order chi connectivity index (χ1) is 12.9. The van der Waals surface area contributed by atoms with Crippen molar-refractivity contribution in [2.45, 2.75) is 16.8 Å². The molecule has 0 saturated heterocycles. The minimum absolute atomic E-state index is 0.295. The molecule has 0 fully saturated rings. The van der Waals surface area contributed by atoms with Crippen LogP contribution in [-0.2, 0) is 11.9 Å². The molecule has 3 aromatic rings. The van der Waals surface area contributed by atoms with Crippen molar-refractivity contribution in [3.8, 4) is 11.1 Å². The van der Waals surface area contributed by atoms with Gasteiger partial charge in [-0.2, -0.15) is 24.1 Å². The molecule has 0 N–H and O–H groups in total. The van der Waals surface area contributed by atoms with E-state index in [2.05, 4.69) is 4.99 Å². The molecule has 0 amide bonds. The number of benzene rings is 3. The van der Waals surface area contributed by atoms with E-state index >= 15 is 0 Å². The largest absolute Gasteiger partial charge is 0.416 e. The van der Waals surface area contributed by atoms with Crippen LogP contribution in [0.25, 0.3) is 11.1 Å². The summed E-state index contributed by atoms with van der Waals surface area (Å²) in [5.41, 5.74) is 4.63. The predicted octanol–water partition coefficient (Wildman–Crippen LogP) is 6.75. The lowest BCUT2D eigenvalue weighted by Gasteiger charge is -2.16. The SMILES string of the molecule is Fc1cccc(-c2ccc3c(c2)[SH](Cc2ccc(C(F)(F)F)cc2)C=N3)c1. The van der Waals surface area contributed by atoms with Crippen LogP contribution in [0.5, 0.6) is 0 Å². The summed E-state index contributed by atoms with van der Waals surface area (Å²) in [6.45, 7) is 0. The van der Waals surface area contributed by atoms with Crippen LogP contribution in [0.2, 0.25) is 0 Å². The fourth-order valence-corrected chi connectivity index (χ4v) is 5.00. The van der Waals surface area contributed by atoms with Crippen molar-refractivity contribution in [1.82, 2.24) is 0 Å². The van der Waals surface area contributed by atoms with E-state index in [1.807, 2.05) is 29.8 Å². The van der Waals surface area contributed by atoms with Gasteiger partial charge in [-0.25, -0.2) is 4.39 Å². The van der Waals surface area contributed by atoms with Crippen LogP contribution in [0.4, 0.5) is 23.2 Å². The van der Waals surface area contributed by atoms with Gasteiger partial charge in [0.25, 0.3) is 0 Å². The molecule has 0 bridgehead atoms. The van der Waals surface area contributed by atoms with Crippen LogP contribution in [0.3, 0.4) is 0 Å². The number of hydrogen-bond acceptors (Lipinski definition) is 1. The molecule has 1 aliphatic heterocycles. The van der Waals surface area contributed by atoms with Crippen LogP contribution in [-0.4, -0.2) is 5.55 Å². The number of aliphatic imine (C=N–C) groups is 1. The number of halogens is 4. The Hall–Kier alpha value is -2.60. The Morgan fingerprint density at radius 3 is 2.30 bits per heavy atom. The molecular weight excluding hydrogens is 374 g/mol. The number of fused-ring (bicyclic) bond motifs is 1. The number of nitrogens with zero attached hydrogens (tertiary/aromatic N) is 1. The molecule has 1 nitrogen and oxygen atoms in total. The lowest BCUT2D eigenvalue weighted by atomic mass is 10.1. The minimum Gasteiger partial charge on any atom is -0.250 e. The molecule has 1 unspecified atom stereocenters. The smallest absolute Gasteiger partial charge is 0.250 e. The fourth-order valence-electron chi connectivity index (χ4n) is 3.03. The van der Waals surface area contributed by atoms with Gasteiger partial charge in [0, 0.05) is 16.2 Å². The molecule has 4 rings (SSSR count). The Balaban J connectivity index is 1.59. The molecule has 0 aliphatic carbocycles. The summed E-state index contributed by atoms with van der Waals surface area (Å²) in [5.74, 6) is 0.326. The van der Waals surface area contributed by atoms with Gasteiger partial charge in [-0.05, 0) is 53.1 Å². The molecular formula is C21H15F4NS. The summed E-state index contributed by atoms with van der Waals surface area (Å²) in [7, 11) is -0.756. The van der Waals surface area contributed by atoms with E-state index in [1.54, 1.807) is 6.07 Å².